The summed E-state index contributed by atoms with van der Waals surface area (Å²) in [7, 11) is 0. The van der Waals surface area contributed by atoms with Crippen molar-refractivity contribution in [3.8, 4) is 5.75 Å². The Morgan fingerprint density at radius 1 is 0.829 bits per heavy atom. The topological polar surface area (TPSA) is 64.3 Å². The Balaban J connectivity index is 1.38. The molecule has 0 bridgehead atoms. The van der Waals surface area contributed by atoms with Crippen LogP contribution in [0.4, 0.5) is 0 Å². The first-order chi connectivity index (χ1) is 17.2. The maximum atomic E-state index is 11.7. The zero-order valence-corrected chi connectivity index (χ0v) is 19.3. The van der Waals surface area contributed by atoms with Gasteiger partial charge in [0.05, 0.1) is 18.7 Å². The van der Waals surface area contributed by atoms with Crippen molar-refractivity contribution in [2.24, 2.45) is 0 Å². The van der Waals surface area contributed by atoms with Crippen molar-refractivity contribution < 1.29 is 14.6 Å². The van der Waals surface area contributed by atoms with E-state index in [1.807, 2.05) is 47.3 Å². The highest BCUT2D eigenvalue weighted by atomic mass is 16.5. The molecule has 0 unspecified atom stereocenters. The van der Waals surface area contributed by atoms with Gasteiger partial charge < -0.3 is 9.84 Å². The summed E-state index contributed by atoms with van der Waals surface area (Å²) in [5, 5.41) is 16.3. The fraction of sp³-hybridized carbons (Fsp3) is 0.133. The predicted molar refractivity (Wildman–Crippen MR) is 137 cm³/mol. The monoisotopic (exact) mass is 462 g/mol. The number of nitrogens with zero attached hydrogens (tertiary/aromatic N) is 2. The van der Waals surface area contributed by atoms with Crippen LogP contribution in [0.5, 0.6) is 5.75 Å². The highest BCUT2D eigenvalue weighted by Gasteiger charge is 2.13. The van der Waals surface area contributed by atoms with Crippen LogP contribution in [0.25, 0.3) is 10.8 Å². The third-order valence-electron chi connectivity index (χ3n) is 6.13. The number of carbonyl (C=O) groups is 1. The molecule has 0 aliphatic carbocycles. The van der Waals surface area contributed by atoms with Gasteiger partial charge in [0.2, 0.25) is 0 Å². The Kier molecular flexibility index (Phi) is 6.57. The first-order valence-corrected chi connectivity index (χ1v) is 11.7. The van der Waals surface area contributed by atoms with E-state index in [0.29, 0.717) is 25.1 Å². The minimum atomic E-state index is -0.922. The second-order valence-electron chi connectivity index (χ2n) is 8.56. The van der Waals surface area contributed by atoms with Crippen LogP contribution in [0.3, 0.4) is 0 Å². The number of fused-ring (bicyclic) bond motifs is 1. The van der Waals surface area contributed by atoms with Crippen LogP contribution in [0.1, 0.15) is 32.6 Å². The number of aromatic carboxylic acids is 1. The van der Waals surface area contributed by atoms with E-state index in [9.17, 15) is 9.90 Å². The fourth-order valence-corrected chi connectivity index (χ4v) is 4.32. The van der Waals surface area contributed by atoms with E-state index in [1.165, 1.54) is 16.3 Å². The molecule has 0 saturated carbocycles. The van der Waals surface area contributed by atoms with Crippen LogP contribution in [0.2, 0.25) is 0 Å². The summed E-state index contributed by atoms with van der Waals surface area (Å²) in [5.74, 6) is -0.148. The lowest BCUT2D eigenvalue weighted by Gasteiger charge is -2.15. The van der Waals surface area contributed by atoms with Crippen molar-refractivity contribution in [1.82, 2.24) is 9.78 Å². The number of ether oxygens (including phenoxy) is 1. The largest absolute Gasteiger partial charge is 0.493 e. The molecule has 0 saturated heterocycles. The van der Waals surface area contributed by atoms with Gasteiger partial charge in [0.25, 0.3) is 0 Å². The van der Waals surface area contributed by atoms with E-state index < -0.39 is 5.97 Å². The van der Waals surface area contributed by atoms with Gasteiger partial charge in [0.1, 0.15) is 5.75 Å². The van der Waals surface area contributed by atoms with Gasteiger partial charge in [0.15, 0.2) is 0 Å². The number of carboxylic acid groups (broad SMARTS) is 1. The van der Waals surface area contributed by atoms with Crippen LogP contribution < -0.4 is 4.74 Å². The van der Waals surface area contributed by atoms with Gasteiger partial charge in [-0.1, -0.05) is 72.8 Å². The smallest absolute Gasteiger partial charge is 0.335 e. The van der Waals surface area contributed by atoms with Crippen LogP contribution in [0, 0.1) is 0 Å². The lowest BCUT2D eigenvalue weighted by atomic mass is 9.98. The highest BCUT2D eigenvalue weighted by molar-refractivity contribution is 5.89. The van der Waals surface area contributed by atoms with Crippen molar-refractivity contribution in [2.75, 3.05) is 6.61 Å². The molecule has 0 spiro atoms. The Hall–Kier alpha value is -4.38. The molecule has 0 amide bonds. The third kappa shape index (κ3) is 5.41. The maximum absolute atomic E-state index is 11.7. The molecule has 5 nitrogen and oxygen atoms in total. The average Bonchev–Trinajstić information content (AvgIpc) is 3.39. The quantitative estimate of drug-likeness (QED) is 0.292. The standard InChI is InChI=1S/C30H26N2O3/c33-30(34)28-9-4-3-8-26(28)20-27-13-11-23(21-32-16-5-15-31-32)19-29(27)35-17-14-22-10-12-24-6-1-2-7-25(24)18-22/h1-13,15-16,18-19H,14,17,20-21H2,(H,33,34). The Morgan fingerprint density at radius 2 is 1.63 bits per heavy atom. The van der Waals surface area contributed by atoms with Crippen molar-refractivity contribution in [3.63, 3.8) is 0 Å². The van der Waals surface area contributed by atoms with Gasteiger partial charge in [-0.15, -0.1) is 0 Å². The van der Waals surface area contributed by atoms with E-state index in [2.05, 4.69) is 47.6 Å². The van der Waals surface area contributed by atoms with Crippen molar-refractivity contribution in [1.29, 1.82) is 0 Å². The summed E-state index contributed by atoms with van der Waals surface area (Å²) in [6, 6.07) is 30.0. The predicted octanol–water partition coefficient (Wildman–Crippen LogP) is 6.00. The maximum Gasteiger partial charge on any atom is 0.335 e. The minimum Gasteiger partial charge on any atom is -0.493 e. The number of carboxylic acids is 1. The van der Waals surface area contributed by atoms with E-state index in [4.69, 9.17) is 4.74 Å². The third-order valence-corrected chi connectivity index (χ3v) is 6.13. The van der Waals surface area contributed by atoms with E-state index >= 15 is 0 Å². The SMILES string of the molecule is O=C(O)c1ccccc1Cc1ccc(Cn2cccn2)cc1OCCc1ccc2ccccc2c1. The highest BCUT2D eigenvalue weighted by Crippen LogP contribution is 2.26. The first-order valence-electron chi connectivity index (χ1n) is 11.7. The minimum absolute atomic E-state index is 0.315. The molecule has 0 aliphatic rings. The summed E-state index contributed by atoms with van der Waals surface area (Å²) >= 11 is 0. The van der Waals surface area contributed by atoms with Gasteiger partial charge in [-0.25, -0.2) is 4.79 Å². The summed E-state index contributed by atoms with van der Waals surface area (Å²) in [6.07, 6.45) is 4.95. The van der Waals surface area contributed by atoms with Gasteiger partial charge in [-0.05, 0) is 51.2 Å². The molecule has 5 rings (SSSR count). The second kappa shape index (κ2) is 10.3. The molecule has 5 aromatic rings. The molecule has 1 heterocycles. The Labute approximate surface area is 204 Å². The normalized spacial score (nSPS) is 11.0. The van der Waals surface area contributed by atoms with E-state index in [1.54, 1.807) is 18.3 Å². The van der Waals surface area contributed by atoms with Crippen molar-refractivity contribution >= 4 is 16.7 Å². The van der Waals surface area contributed by atoms with Crippen molar-refractivity contribution in [3.05, 3.63) is 131 Å². The molecule has 0 radical (unpaired) electrons. The van der Waals surface area contributed by atoms with Gasteiger partial charge >= 0.3 is 5.97 Å². The summed E-state index contributed by atoms with van der Waals surface area (Å²) in [6.45, 7) is 1.16. The lowest BCUT2D eigenvalue weighted by Crippen LogP contribution is -2.07. The average molecular weight is 463 g/mol. The number of aromatic nitrogens is 2. The van der Waals surface area contributed by atoms with Gasteiger partial charge in [-0.2, -0.15) is 5.10 Å². The number of rotatable bonds is 9. The number of benzene rings is 4. The molecule has 174 valence electrons. The fourth-order valence-electron chi connectivity index (χ4n) is 4.32. The summed E-state index contributed by atoms with van der Waals surface area (Å²) in [5.41, 5.74) is 4.33. The molecule has 0 aliphatic heterocycles. The molecule has 35 heavy (non-hydrogen) atoms. The lowest BCUT2D eigenvalue weighted by molar-refractivity contribution is 0.0696. The summed E-state index contributed by atoms with van der Waals surface area (Å²) < 4.78 is 8.18. The van der Waals surface area contributed by atoms with Gasteiger partial charge in [-0.3, -0.25) is 4.68 Å². The van der Waals surface area contributed by atoms with Crippen LogP contribution in [0.15, 0.2) is 103 Å². The molecule has 1 N–H and O–H groups in total. The van der Waals surface area contributed by atoms with Gasteiger partial charge in [0, 0.05) is 25.2 Å². The number of hydrogen-bond acceptors (Lipinski definition) is 3. The summed E-state index contributed by atoms with van der Waals surface area (Å²) in [4.78, 5) is 11.7. The Morgan fingerprint density at radius 3 is 2.46 bits per heavy atom. The molecule has 1 aromatic heterocycles. The van der Waals surface area contributed by atoms with Crippen molar-refractivity contribution in [2.45, 2.75) is 19.4 Å². The zero-order chi connectivity index (χ0) is 24.0. The Bertz CT molecular complexity index is 1460. The molecular weight excluding hydrogens is 436 g/mol. The molecule has 0 fully saturated rings. The molecule has 4 aromatic carbocycles. The first kappa shape index (κ1) is 22.4. The molecular formula is C30H26N2O3. The number of hydrogen-bond donors (Lipinski definition) is 1. The molecule has 5 heteroatoms. The van der Waals surface area contributed by atoms with E-state index in [-0.39, 0.29) is 0 Å². The van der Waals surface area contributed by atoms with Crippen LogP contribution >= 0.6 is 0 Å². The van der Waals surface area contributed by atoms with Crippen LogP contribution in [-0.2, 0) is 19.4 Å². The van der Waals surface area contributed by atoms with Crippen LogP contribution in [-0.4, -0.2) is 27.5 Å². The second-order valence-corrected chi connectivity index (χ2v) is 8.56. The van der Waals surface area contributed by atoms with E-state index in [0.717, 1.165) is 28.9 Å². The zero-order valence-electron chi connectivity index (χ0n) is 19.3. The molecule has 0 atom stereocenters.